The first-order chi connectivity index (χ1) is 9.31. The zero-order chi connectivity index (χ0) is 13.1. The standard InChI is InChI=1S/C15H22N2O2/c1-17-7-5-13(6-8-17)16-14-4-2-3-12(11-14)15-18-9-10-19-15/h2-4,11,13,15-16H,5-10H2,1H3. The van der Waals surface area contributed by atoms with Crippen LogP contribution in [0.15, 0.2) is 24.3 Å². The molecule has 19 heavy (non-hydrogen) atoms. The first-order valence-corrected chi connectivity index (χ1v) is 7.09. The van der Waals surface area contributed by atoms with Gasteiger partial charge in [-0.15, -0.1) is 0 Å². The van der Waals surface area contributed by atoms with Gasteiger partial charge in [0.1, 0.15) is 0 Å². The third kappa shape index (κ3) is 3.26. The van der Waals surface area contributed by atoms with Crippen LogP contribution in [0, 0.1) is 0 Å². The molecule has 3 rings (SSSR count). The second kappa shape index (κ2) is 5.90. The number of nitrogens with one attached hydrogen (secondary N) is 1. The quantitative estimate of drug-likeness (QED) is 0.906. The van der Waals surface area contributed by atoms with E-state index in [9.17, 15) is 0 Å². The lowest BCUT2D eigenvalue weighted by atomic mass is 10.0. The summed E-state index contributed by atoms with van der Waals surface area (Å²) in [5, 5.41) is 3.63. The van der Waals surface area contributed by atoms with Crippen molar-refractivity contribution in [3.8, 4) is 0 Å². The number of benzene rings is 1. The molecule has 0 bridgehead atoms. The zero-order valence-electron chi connectivity index (χ0n) is 11.5. The van der Waals surface area contributed by atoms with Crippen molar-refractivity contribution in [2.24, 2.45) is 0 Å². The maximum Gasteiger partial charge on any atom is 0.184 e. The van der Waals surface area contributed by atoms with E-state index in [1.54, 1.807) is 0 Å². The smallest absolute Gasteiger partial charge is 0.184 e. The maximum atomic E-state index is 5.54. The van der Waals surface area contributed by atoms with Gasteiger partial charge in [-0.2, -0.15) is 0 Å². The highest BCUT2D eigenvalue weighted by molar-refractivity contribution is 5.47. The minimum Gasteiger partial charge on any atom is -0.382 e. The molecule has 0 aliphatic carbocycles. The van der Waals surface area contributed by atoms with Crippen molar-refractivity contribution in [3.05, 3.63) is 29.8 Å². The third-order valence-electron chi connectivity index (χ3n) is 3.87. The van der Waals surface area contributed by atoms with Crippen molar-refractivity contribution >= 4 is 5.69 Å². The van der Waals surface area contributed by atoms with E-state index in [-0.39, 0.29) is 6.29 Å². The number of hydrogen-bond donors (Lipinski definition) is 1. The summed E-state index contributed by atoms with van der Waals surface area (Å²) in [6, 6.07) is 8.98. The molecule has 4 heteroatoms. The number of hydrogen-bond acceptors (Lipinski definition) is 4. The molecule has 2 heterocycles. The lowest BCUT2D eigenvalue weighted by Crippen LogP contribution is -2.36. The Kier molecular flexibility index (Phi) is 4.01. The summed E-state index contributed by atoms with van der Waals surface area (Å²) in [6.07, 6.45) is 2.23. The van der Waals surface area contributed by atoms with Gasteiger partial charge < -0.3 is 19.7 Å². The second-order valence-corrected chi connectivity index (χ2v) is 5.42. The number of rotatable bonds is 3. The van der Waals surface area contributed by atoms with E-state index < -0.39 is 0 Å². The summed E-state index contributed by atoms with van der Waals surface area (Å²) in [4.78, 5) is 2.38. The van der Waals surface area contributed by atoms with E-state index in [0.717, 1.165) is 5.56 Å². The van der Waals surface area contributed by atoms with Crippen LogP contribution >= 0.6 is 0 Å². The van der Waals surface area contributed by atoms with E-state index in [1.807, 2.05) is 0 Å². The Morgan fingerprint density at radius 3 is 2.63 bits per heavy atom. The van der Waals surface area contributed by atoms with Crippen LogP contribution in [0.1, 0.15) is 24.7 Å². The molecule has 2 aliphatic heterocycles. The van der Waals surface area contributed by atoms with Gasteiger partial charge in [-0.3, -0.25) is 0 Å². The van der Waals surface area contributed by atoms with E-state index in [1.165, 1.54) is 31.6 Å². The van der Waals surface area contributed by atoms with Gasteiger partial charge in [0, 0.05) is 17.3 Å². The zero-order valence-corrected chi connectivity index (χ0v) is 11.5. The molecule has 1 N–H and O–H groups in total. The van der Waals surface area contributed by atoms with Crippen LogP contribution in [0.3, 0.4) is 0 Å². The van der Waals surface area contributed by atoms with Gasteiger partial charge in [0.15, 0.2) is 6.29 Å². The number of nitrogens with zero attached hydrogens (tertiary/aromatic N) is 1. The van der Waals surface area contributed by atoms with Crippen LogP contribution in [0.2, 0.25) is 0 Å². The van der Waals surface area contributed by atoms with Crippen molar-refractivity contribution < 1.29 is 9.47 Å². The van der Waals surface area contributed by atoms with Gasteiger partial charge in [0.2, 0.25) is 0 Å². The molecule has 1 aromatic carbocycles. The lowest BCUT2D eigenvalue weighted by molar-refractivity contribution is -0.0440. The van der Waals surface area contributed by atoms with Crippen molar-refractivity contribution in [1.29, 1.82) is 0 Å². The second-order valence-electron chi connectivity index (χ2n) is 5.42. The van der Waals surface area contributed by atoms with Crippen molar-refractivity contribution in [3.63, 3.8) is 0 Å². The molecule has 104 valence electrons. The van der Waals surface area contributed by atoms with Crippen LogP contribution in [0.4, 0.5) is 5.69 Å². The Labute approximate surface area is 114 Å². The molecule has 2 saturated heterocycles. The van der Waals surface area contributed by atoms with E-state index in [2.05, 4.69) is 41.5 Å². The maximum absolute atomic E-state index is 5.54. The number of ether oxygens (including phenoxy) is 2. The SMILES string of the molecule is CN1CCC(Nc2cccc(C3OCCO3)c2)CC1. The molecule has 0 saturated carbocycles. The third-order valence-corrected chi connectivity index (χ3v) is 3.87. The fraction of sp³-hybridized carbons (Fsp3) is 0.600. The van der Waals surface area contributed by atoms with Crippen LogP contribution < -0.4 is 5.32 Å². The van der Waals surface area contributed by atoms with Gasteiger partial charge in [0.25, 0.3) is 0 Å². The lowest BCUT2D eigenvalue weighted by Gasteiger charge is -2.30. The van der Waals surface area contributed by atoms with Crippen molar-refractivity contribution in [1.82, 2.24) is 4.90 Å². The van der Waals surface area contributed by atoms with E-state index in [4.69, 9.17) is 9.47 Å². The Hall–Kier alpha value is -1.10. The molecular formula is C15H22N2O2. The van der Waals surface area contributed by atoms with Crippen LogP contribution in [-0.4, -0.2) is 44.3 Å². The Morgan fingerprint density at radius 1 is 1.16 bits per heavy atom. The number of likely N-dealkylation sites (tertiary alicyclic amines) is 1. The topological polar surface area (TPSA) is 33.7 Å². The monoisotopic (exact) mass is 262 g/mol. The highest BCUT2D eigenvalue weighted by atomic mass is 16.7. The molecule has 0 amide bonds. The summed E-state index contributed by atoms with van der Waals surface area (Å²) in [6.45, 7) is 3.73. The Morgan fingerprint density at radius 2 is 1.89 bits per heavy atom. The Bertz CT molecular complexity index is 410. The largest absolute Gasteiger partial charge is 0.382 e. The molecule has 0 aromatic heterocycles. The van der Waals surface area contributed by atoms with Gasteiger partial charge in [0.05, 0.1) is 13.2 Å². The summed E-state index contributed by atoms with van der Waals surface area (Å²) in [5.41, 5.74) is 2.28. The molecule has 0 atom stereocenters. The van der Waals surface area contributed by atoms with E-state index >= 15 is 0 Å². The summed E-state index contributed by atoms with van der Waals surface area (Å²) in [7, 11) is 2.19. The van der Waals surface area contributed by atoms with Gasteiger partial charge in [-0.1, -0.05) is 12.1 Å². The highest BCUT2D eigenvalue weighted by Gasteiger charge is 2.19. The van der Waals surface area contributed by atoms with Crippen molar-refractivity contribution in [2.75, 3.05) is 38.7 Å². The normalized spacial score (nSPS) is 22.8. The number of piperidine rings is 1. The molecule has 2 aliphatic rings. The molecular weight excluding hydrogens is 240 g/mol. The Balaban J connectivity index is 1.62. The first-order valence-electron chi connectivity index (χ1n) is 7.09. The highest BCUT2D eigenvalue weighted by Crippen LogP contribution is 2.26. The minimum atomic E-state index is -0.181. The molecule has 0 spiro atoms. The fourth-order valence-corrected chi connectivity index (χ4v) is 2.71. The molecule has 2 fully saturated rings. The molecule has 4 nitrogen and oxygen atoms in total. The number of anilines is 1. The van der Waals surface area contributed by atoms with Crippen LogP contribution in [-0.2, 0) is 9.47 Å². The average molecular weight is 262 g/mol. The summed E-state index contributed by atoms with van der Waals surface area (Å²) in [5.74, 6) is 0. The van der Waals surface area contributed by atoms with Crippen molar-refractivity contribution in [2.45, 2.75) is 25.2 Å². The molecule has 0 unspecified atom stereocenters. The summed E-state index contributed by atoms with van der Waals surface area (Å²) < 4.78 is 11.1. The first kappa shape index (κ1) is 12.9. The molecule has 0 radical (unpaired) electrons. The predicted octanol–water partition coefficient (Wildman–Crippen LogP) is 2.24. The van der Waals surface area contributed by atoms with Gasteiger partial charge in [-0.25, -0.2) is 0 Å². The average Bonchev–Trinajstić information content (AvgIpc) is 2.96. The van der Waals surface area contributed by atoms with Gasteiger partial charge in [-0.05, 0) is 45.1 Å². The summed E-state index contributed by atoms with van der Waals surface area (Å²) >= 11 is 0. The fourth-order valence-electron chi connectivity index (χ4n) is 2.71. The van der Waals surface area contributed by atoms with Crippen LogP contribution in [0.25, 0.3) is 0 Å². The van der Waals surface area contributed by atoms with E-state index in [0.29, 0.717) is 19.3 Å². The van der Waals surface area contributed by atoms with Crippen LogP contribution in [0.5, 0.6) is 0 Å². The molecule has 1 aromatic rings. The minimum absolute atomic E-state index is 0.181. The predicted molar refractivity (Wildman–Crippen MR) is 75.2 cm³/mol. The van der Waals surface area contributed by atoms with Gasteiger partial charge >= 0.3 is 0 Å².